The van der Waals surface area contributed by atoms with Crippen LogP contribution < -0.4 is 14.8 Å². The standard InChI is InChI=1S/C22H20N2O5S2/c1-13(25)15-5-7-16(8-6-15)23-20(26)12-24-21(27)19(31-22(24)30)11-14-4-9-17(28-2)18(10-14)29-3/h4-11H,12H2,1-3H3,(H,23,26)/b19-11+. The first-order valence-corrected chi connectivity index (χ1v) is 10.4. The molecule has 1 aliphatic heterocycles. The summed E-state index contributed by atoms with van der Waals surface area (Å²) in [5.41, 5.74) is 1.82. The number of nitrogens with zero attached hydrogens (tertiary/aromatic N) is 1. The van der Waals surface area contributed by atoms with Crippen LogP contribution in [0.3, 0.4) is 0 Å². The van der Waals surface area contributed by atoms with Crippen LogP contribution in [0.25, 0.3) is 6.08 Å². The molecule has 9 heteroatoms. The normalized spacial score (nSPS) is 14.7. The smallest absolute Gasteiger partial charge is 0.266 e. The van der Waals surface area contributed by atoms with E-state index in [0.29, 0.717) is 32.0 Å². The lowest BCUT2D eigenvalue weighted by Gasteiger charge is -2.14. The van der Waals surface area contributed by atoms with Crippen LogP contribution in [0.4, 0.5) is 5.69 Å². The molecule has 2 aromatic carbocycles. The second kappa shape index (κ2) is 9.76. The van der Waals surface area contributed by atoms with Gasteiger partial charge in [-0.25, -0.2) is 0 Å². The number of carbonyl (C=O) groups is 3. The number of hydrogen-bond donors (Lipinski definition) is 1. The quantitative estimate of drug-likeness (QED) is 0.386. The maximum absolute atomic E-state index is 12.8. The van der Waals surface area contributed by atoms with Gasteiger partial charge in [0, 0.05) is 11.3 Å². The van der Waals surface area contributed by atoms with Crippen molar-refractivity contribution in [3.63, 3.8) is 0 Å². The molecule has 0 bridgehead atoms. The van der Waals surface area contributed by atoms with Crippen molar-refractivity contribution in [3.05, 3.63) is 58.5 Å². The molecular weight excluding hydrogens is 436 g/mol. The fourth-order valence-electron chi connectivity index (χ4n) is 2.86. The number of ketones is 1. The Hall–Kier alpha value is -3.17. The van der Waals surface area contributed by atoms with Crippen LogP contribution in [0.15, 0.2) is 47.4 Å². The van der Waals surface area contributed by atoms with Crippen molar-refractivity contribution < 1.29 is 23.9 Å². The Labute approximate surface area is 189 Å². The monoisotopic (exact) mass is 456 g/mol. The van der Waals surface area contributed by atoms with Crippen molar-refractivity contribution in [2.75, 3.05) is 26.1 Å². The van der Waals surface area contributed by atoms with E-state index in [9.17, 15) is 14.4 Å². The Morgan fingerprint density at radius 3 is 2.39 bits per heavy atom. The maximum Gasteiger partial charge on any atom is 0.266 e. The molecule has 1 N–H and O–H groups in total. The number of hydrogen-bond acceptors (Lipinski definition) is 7. The second-order valence-electron chi connectivity index (χ2n) is 6.56. The number of benzene rings is 2. The minimum atomic E-state index is -0.390. The minimum Gasteiger partial charge on any atom is -0.493 e. The average Bonchev–Trinajstić information content (AvgIpc) is 3.01. The van der Waals surface area contributed by atoms with Crippen molar-refractivity contribution >= 4 is 57.7 Å². The number of amides is 2. The Bertz CT molecular complexity index is 1080. The van der Waals surface area contributed by atoms with E-state index in [1.54, 1.807) is 55.7 Å². The number of Topliss-reactive ketones (excluding diaryl/α,β-unsaturated/α-hetero) is 1. The highest BCUT2D eigenvalue weighted by molar-refractivity contribution is 8.26. The van der Waals surface area contributed by atoms with Crippen molar-refractivity contribution in [2.24, 2.45) is 0 Å². The molecule has 31 heavy (non-hydrogen) atoms. The summed E-state index contributed by atoms with van der Waals surface area (Å²) < 4.78 is 10.8. The summed E-state index contributed by atoms with van der Waals surface area (Å²) in [4.78, 5) is 38.2. The number of thioether (sulfide) groups is 1. The fraction of sp³-hybridized carbons (Fsp3) is 0.182. The van der Waals surface area contributed by atoms with Gasteiger partial charge in [0.1, 0.15) is 10.9 Å². The molecule has 1 fully saturated rings. The van der Waals surface area contributed by atoms with Crippen molar-refractivity contribution in [3.8, 4) is 11.5 Å². The van der Waals surface area contributed by atoms with Gasteiger partial charge < -0.3 is 14.8 Å². The minimum absolute atomic E-state index is 0.0586. The van der Waals surface area contributed by atoms with Gasteiger partial charge in [0.15, 0.2) is 17.3 Å². The zero-order valence-electron chi connectivity index (χ0n) is 17.1. The van der Waals surface area contributed by atoms with Gasteiger partial charge in [0.2, 0.25) is 5.91 Å². The van der Waals surface area contributed by atoms with E-state index in [1.165, 1.54) is 18.9 Å². The Balaban J connectivity index is 1.69. The van der Waals surface area contributed by atoms with Crippen molar-refractivity contribution in [2.45, 2.75) is 6.92 Å². The number of ether oxygens (including phenoxy) is 2. The molecule has 0 unspecified atom stereocenters. The topological polar surface area (TPSA) is 84.9 Å². The van der Waals surface area contributed by atoms with E-state index in [-0.39, 0.29) is 24.1 Å². The molecule has 0 saturated carbocycles. The molecule has 0 aromatic heterocycles. The molecule has 1 aliphatic rings. The van der Waals surface area contributed by atoms with E-state index >= 15 is 0 Å². The maximum atomic E-state index is 12.8. The number of rotatable bonds is 7. The number of nitrogens with one attached hydrogen (secondary N) is 1. The average molecular weight is 457 g/mol. The second-order valence-corrected chi connectivity index (χ2v) is 8.24. The highest BCUT2D eigenvalue weighted by Gasteiger charge is 2.33. The van der Waals surface area contributed by atoms with E-state index in [0.717, 1.165) is 17.3 Å². The molecule has 0 radical (unpaired) electrons. The summed E-state index contributed by atoms with van der Waals surface area (Å²) in [6, 6.07) is 11.8. The van der Waals surface area contributed by atoms with Crippen LogP contribution in [-0.2, 0) is 9.59 Å². The molecule has 3 rings (SSSR count). The molecule has 2 amide bonds. The van der Waals surface area contributed by atoms with E-state index in [4.69, 9.17) is 21.7 Å². The summed E-state index contributed by atoms with van der Waals surface area (Å²) >= 11 is 6.43. The van der Waals surface area contributed by atoms with Gasteiger partial charge in [-0.2, -0.15) is 0 Å². The van der Waals surface area contributed by atoms with Gasteiger partial charge in [-0.1, -0.05) is 30.0 Å². The van der Waals surface area contributed by atoms with Crippen LogP contribution in [0.1, 0.15) is 22.8 Å². The van der Waals surface area contributed by atoms with Crippen LogP contribution in [-0.4, -0.2) is 47.6 Å². The molecule has 0 aliphatic carbocycles. The Morgan fingerprint density at radius 2 is 1.77 bits per heavy atom. The lowest BCUT2D eigenvalue weighted by Crippen LogP contribution is -2.36. The highest BCUT2D eigenvalue weighted by atomic mass is 32.2. The SMILES string of the molecule is COc1ccc(/C=C2/SC(=S)N(CC(=O)Nc3ccc(C(C)=O)cc3)C2=O)cc1OC. The molecule has 0 spiro atoms. The third-order valence-electron chi connectivity index (χ3n) is 4.46. The molecule has 2 aromatic rings. The van der Waals surface area contributed by atoms with Gasteiger partial charge in [-0.3, -0.25) is 19.3 Å². The first kappa shape index (κ1) is 22.5. The van der Waals surface area contributed by atoms with Crippen molar-refractivity contribution in [1.82, 2.24) is 4.90 Å². The predicted octanol–water partition coefficient (Wildman–Crippen LogP) is 3.75. The van der Waals surface area contributed by atoms with Crippen LogP contribution >= 0.6 is 24.0 Å². The summed E-state index contributed by atoms with van der Waals surface area (Å²) in [6.45, 7) is 1.26. The fourth-order valence-corrected chi connectivity index (χ4v) is 4.12. The molecule has 7 nitrogen and oxygen atoms in total. The zero-order valence-corrected chi connectivity index (χ0v) is 18.8. The molecule has 0 atom stereocenters. The van der Waals surface area contributed by atoms with E-state index in [1.807, 2.05) is 0 Å². The summed E-state index contributed by atoms with van der Waals surface area (Å²) in [5.74, 6) is 0.338. The highest BCUT2D eigenvalue weighted by Crippen LogP contribution is 2.34. The van der Waals surface area contributed by atoms with Gasteiger partial charge in [0.05, 0.1) is 19.1 Å². The molecule has 1 saturated heterocycles. The number of anilines is 1. The van der Waals surface area contributed by atoms with E-state index < -0.39 is 0 Å². The lowest BCUT2D eigenvalue weighted by molar-refractivity contribution is -0.126. The lowest BCUT2D eigenvalue weighted by atomic mass is 10.1. The molecule has 1 heterocycles. The van der Waals surface area contributed by atoms with E-state index in [2.05, 4.69) is 5.32 Å². The van der Waals surface area contributed by atoms with Gasteiger partial charge in [-0.15, -0.1) is 0 Å². The molecular formula is C22H20N2O5S2. The Kier molecular flexibility index (Phi) is 7.09. The van der Waals surface area contributed by atoms with Crippen molar-refractivity contribution in [1.29, 1.82) is 0 Å². The zero-order chi connectivity index (χ0) is 22.5. The largest absolute Gasteiger partial charge is 0.493 e. The third-order valence-corrected chi connectivity index (χ3v) is 5.83. The first-order valence-electron chi connectivity index (χ1n) is 9.20. The van der Waals surface area contributed by atoms with Crippen LogP contribution in [0.5, 0.6) is 11.5 Å². The molecule has 160 valence electrons. The number of thiocarbonyl (C=S) groups is 1. The van der Waals surface area contributed by atoms with Crippen LogP contribution in [0, 0.1) is 0 Å². The van der Waals surface area contributed by atoms with Gasteiger partial charge in [-0.05, 0) is 55.0 Å². The van der Waals surface area contributed by atoms with Gasteiger partial charge >= 0.3 is 0 Å². The van der Waals surface area contributed by atoms with Gasteiger partial charge in [0.25, 0.3) is 5.91 Å². The number of carbonyl (C=O) groups excluding carboxylic acids is 3. The van der Waals surface area contributed by atoms with Crippen LogP contribution in [0.2, 0.25) is 0 Å². The predicted molar refractivity (Wildman–Crippen MR) is 125 cm³/mol. The summed E-state index contributed by atoms with van der Waals surface area (Å²) in [5, 5.41) is 2.71. The Morgan fingerprint density at radius 1 is 1.10 bits per heavy atom. The third kappa shape index (κ3) is 5.31. The summed E-state index contributed by atoms with van der Waals surface area (Å²) in [7, 11) is 3.08. The first-order chi connectivity index (χ1) is 14.8. The number of methoxy groups -OCH3 is 2. The summed E-state index contributed by atoms with van der Waals surface area (Å²) in [6.07, 6.45) is 1.69.